The highest BCUT2D eigenvalue weighted by atomic mass is 32.2. The molecular weight excluding hydrogens is 368 g/mol. The van der Waals surface area contributed by atoms with Crippen LogP contribution in [0.2, 0.25) is 0 Å². The van der Waals surface area contributed by atoms with Crippen LogP contribution in [0.15, 0.2) is 58.2 Å². The van der Waals surface area contributed by atoms with Crippen molar-refractivity contribution in [2.24, 2.45) is 0 Å². The highest BCUT2D eigenvalue weighted by Crippen LogP contribution is 2.25. The van der Waals surface area contributed by atoms with E-state index >= 15 is 0 Å². The molecule has 138 valence electrons. The number of nitrogens with one attached hydrogen (secondary N) is 1. The van der Waals surface area contributed by atoms with Gasteiger partial charge in [0.2, 0.25) is 10.0 Å². The fourth-order valence-electron chi connectivity index (χ4n) is 3.00. The predicted octanol–water partition coefficient (Wildman–Crippen LogP) is 4.07. The quantitative estimate of drug-likeness (QED) is 0.690. The second-order valence-electron chi connectivity index (χ2n) is 6.45. The Bertz CT molecular complexity index is 1070. The van der Waals surface area contributed by atoms with Crippen molar-refractivity contribution in [2.75, 3.05) is 0 Å². The van der Waals surface area contributed by atoms with Crippen molar-refractivity contribution in [3.63, 3.8) is 0 Å². The van der Waals surface area contributed by atoms with Crippen molar-refractivity contribution in [3.05, 3.63) is 63.8 Å². The first-order chi connectivity index (χ1) is 12.3. The largest absolute Gasteiger partial charge is 0.308 e. The summed E-state index contributed by atoms with van der Waals surface area (Å²) in [5, 5.41) is 0. The fourth-order valence-corrected chi connectivity index (χ4v) is 5.46. The van der Waals surface area contributed by atoms with Crippen LogP contribution < -0.4 is 9.60 Å². The molecule has 0 bridgehead atoms. The van der Waals surface area contributed by atoms with Crippen LogP contribution in [0.5, 0.6) is 0 Å². The Hall–Kier alpha value is -1.96. The number of hydrogen-bond acceptors (Lipinski definition) is 4. The molecule has 2 aromatic carbocycles. The third-order valence-corrected chi connectivity index (χ3v) is 6.71. The fraction of sp³-hybridized carbons (Fsp3) is 0.316. The summed E-state index contributed by atoms with van der Waals surface area (Å²) in [6.07, 6.45) is 0.641. The van der Waals surface area contributed by atoms with E-state index in [1.54, 1.807) is 22.8 Å². The minimum absolute atomic E-state index is 0.0272. The molecule has 0 saturated carbocycles. The average Bonchev–Trinajstić information content (AvgIpc) is 2.95. The molecule has 26 heavy (non-hydrogen) atoms. The van der Waals surface area contributed by atoms with Crippen molar-refractivity contribution >= 4 is 31.6 Å². The van der Waals surface area contributed by atoms with Crippen LogP contribution in [0.1, 0.15) is 44.8 Å². The van der Waals surface area contributed by atoms with Gasteiger partial charge in [-0.25, -0.2) is 13.1 Å². The van der Waals surface area contributed by atoms with Gasteiger partial charge < -0.3 is 0 Å². The highest BCUT2D eigenvalue weighted by Gasteiger charge is 2.21. The number of sulfonamides is 1. The molecular formula is C19H22N2O3S2. The first-order valence-corrected chi connectivity index (χ1v) is 10.9. The summed E-state index contributed by atoms with van der Waals surface area (Å²) in [5.41, 5.74) is 1.69. The number of benzene rings is 2. The number of thiazole rings is 1. The Morgan fingerprint density at radius 3 is 2.42 bits per heavy atom. The molecule has 0 spiro atoms. The van der Waals surface area contributed by atoms with Crippen molar-refractivity contribution < 1.29 is 8.42 Å². The van der Waals surface area contributed by atoms with E-state index in [1.165, 1.54) is 0 Å². The lowest BCUT2D eigenvalue weighted by molar-refractivity contribution is 0.550. The van der Waals surface area contributed by atoms with Gasteiger partial charge in [-0.3, -0.25) is 9.36 Å². The lowest BCUT2D eigenvalue weighted by atomic mass is 10.1. The lowest BCUT2D eigenvalue weighted by Crippen LogP contribution is -2.28. The van der Waals surface area contributed by atoms with Crippen LogP contribution in [0.4, 0.5) is 0 Å². The van der Waals surface area contributed by atoms with Gasteiger partial charge in [0.1, 0.15) is 0 Å². The van der Waals surface area contributed by atoms with Crippen molar-refractivity contribution in [1.29, 1.82) is 0 Å². The monoisotopic (exact) mass is 390 g/mol. The number of rotatable bonds is 6. The molecule has 0 aliphatic carbocycles. The Balaban J connectivity index is 1.98. The van der Waals surface area contributed by atoms with E-state index in [-0.39, 0.29) is 21.9 Å². The Morgan fingerprint density at radius 2 is 1.81 bits per heavy atom. The Kier molecular flexibility index (Phi) is 5.32. The Morgan fingerprint density at radius 1 is 1.12 bits per heavy atom. The molecule has 0 saturated heterocycles. The molecule has 0 aliphatic rings. The molecule has 0 amide bonds. The maximum Gasteiger partial charge on any atom is 0.308 e. The number of aromatic nitrogens is 1. The van der Waals surface area contributed by atoms with Crippen LogP contribution in [-0.4, -0.2) is 13.0 Å². The molecule has 0 fully saturated rings. The van der Waals surface area contributed by atoms with Crippen LogP contribution in [0.3, 0.4) is 0 Å². The van der Waals surface area contributed by atoms with E-state index in [0.29, 0.717) is 11.1 Å². The lowest BCUT2D eigenvalue weighted by Gasteiger charge is -2.17. The molecule has 1 N–H and O–H groups in total. The van der Waals surface area contributed by atoms with Crippen molar-refractivity contribution in [3.8, 4) is 0 Å². The highest BCUT2D eigenvalue weighted by molar-refractivity contribution is 7.89. The second-order valence-corrected chi connectivity index (χ2v) is 9.16. The first kappa shape index (κ1) is 18.8. The van der Waals surface area contributed by atoms with Gasteiger partial charge in [-0.1, -0.05) is 48.6 Å². The minimum Gasteiger partial charge on any atom is -0.296 e. The third kappa shape index (κ3) is 3.60. The van der Waals surface area contributed by atoms with Gasteiger partial charge in [-0.15, -0.1) is 0 Å². The number of hydrogen-bond donors (Lipinski definition) is 1. The SMILES string of the molecule is CCC(NS(=O)(=O)c1ccc2c(c1)sc(=O)n2C(C)C)c1ccccc1. The van der Waals surface area contributed by atoms with Gasteiger partial charge in [-0.2, -0.15) is 0 Å². The van der Waals surface area contributed by atoms with Crippen LogP contribution in [-0.2, 0) is 10.0 Å². The van der Waals surface area contributed by atoms with E-state index < -0.39 is 10.0 Å². The molecule has 1 unspecified atom stereocenters. The first-order valence-electron chi connectivity index (χ1n) is 8.56. The summed E-state index contributed by atoms with van der Waals surface area (Å²) < 4.78 is 30.8. The summed E-state index contributed by atoms with van der Waals surface area (Å²) >= 11 is 1.07. The third-order valence-electron chi connectivity index (χ3n) is 4.32. The normalized spacial score (nSPS) is 13.4. The summed E-state index contributed by atoms with van der Waals surface area (Å²) in [6, 6.07) is 14.1. The van der Waals surface area contributed by atoms with Crippen LogP contribution in [0, 0.1) is 0 Å². The van der Waals surface area contributed by atoms with E-state index in [2.05, 4.69) is 4.72 Å². The van der Waals surface area contributed by atoms with E-state index in [4.69, 9.17) is 0 Å². The predicted molar refractivity (Wildman–Crippen MR) is 106 cm³/mol. The summed E-state index contributed by atoms with van der Waals surface area (Å²) in [4.78, 5) is 12.3. The molecule has 7 heteroatoms. The summed E-state index contributed by atoms with van der Waals surface area (Å²) in [6.45, 7) is 5.81. The zero-order chi connectivity index (χ0) is 18.9. The zero-order valence-corrected chi connectivity index (χ0v) is 16.6. The molecule has 1 aromatic heterocycles. The van der Waals surface area contributed by atoms with Gasteiger partial charge in [0.15, 0.2) is 0 Å². The van der Waals surface area contributed by atoms with Gasteiger partial charge in [0.05, 0.1) is 15.1 Å². The van der Waals surface area contributed by atoms with Crippen molar-refractivity contribution in [2.45, 2.75) is 44.2 Å². The molecule has 3 aromatic rings. The van der Waals surface area contributed by atoms with E-state index in [0.717, 1.165) is 22.4 Å². The number of nitrogens with zero attached hydrogens (tertiary/aromatic N) is 1. The van der Waals surface area contributed by atoms with Crippen LogP contribution in [0.25, 0.3) is 10.2 Å². The van der Waals surface area contributed by atoms with Gasteiger partial charge >= 0.3 is 4.87 Å². The smallest absolute Gasteiger partial charge is 0.296 e. The van der Waals surface area contributed by atoms with Crippen LogP contribution >= 0.6 is 11.3 Å². The van der Waals surface area contributed by atoms with Crippen molar-refractivity contribution in [1.82, 2.24) is 9.29 Å². The Labute approximate surface area is 157 Å². The molecule has 1 heterocycles. The molecule has 0 aliphatic heterocycles. The summed E-state index contributed by atoms with van der Waals surface area (Å²) in [5.74, 6) is 0. The number of fused-ring (bicyclic) bond motifs is 1. The van der Waals surface area contributed by atoms with E-state index in [1.807, 2.05) is 51.1 Å². The molecule has 0 radical (unpaired) electrons. The minimum atomic E-state index is -3.69. The average molecular weight is 391 g/mol. The van der Waals surface area contributed by atoms with E-state index in [9.17, 15) is 13.2 Å². The van der Waals surface area contributed by atoms with Gasteiger partial charge in [0, 0.05) is 12.1 Å². The molecule has 3 rings (SSSR count). The topological polar surface area (TPSA) is 68.2 Å². The van der Waals surface area contributed by atoms with Gasteiger partial charge in [0.25, 0.3) is 0 Å². The molecule has 1 atom stereocenters. The van der Waals surface area contributed by atoms with Gasteiger partial charge in [-0.05, 0) is 44.0 Å². The second kappa shape index (κ2) is 7.34. The molecule has 5 nitrogen and oxygen atoms in total. The summed E-state index contributed by atoms with van der Waals surface area (Å²) in [7, 11) is -3.69. The standard InChI is InChI=1S/C19H22N2O3S2/c1-4-16(14-8-6-5-7-9-14)20-26(23,24)15-10-11-17-18(12-15)25-19(22)21(17)13(2)3/h5-13,16,20H,4H2,1-3H3. The maximum absolute atomic E-state index is 12.9. The maximum atomic E-state index is 12.9. The zero-order valence-electron chi connectivity index (χ0n) is 15.0.